The minimum absolute atomic E-state index is 0.0000722. The van der Waals surface area contributed by atoms with Crippen LogP contribution in [0.15, 0.2) is 40.9 Å². The number of carbonyl (C=O) groups is 1. The lowest BCUT2D eigenvalue weighted by Crippen LogP contribution is -2.09. The van der Waals surface area contributed by atoms with Gasteiger partial charge in [0.05, 0.1) is 39.6 Å². The molecule has 0 radical (unpaired) electrons. The Bertz CT molecular complexity index is 1430. The van der Waals surface area contributed by atoms with Crippen LogP contribution in [0.2, 0.25) is 0 Å². The Labute approximate surface area is 187 Å². The van der Waals surface area contributed by atoms with Crippen LogP contribution in [0.3, 0.4) is 0 Å². The number of nitro groups is 2. The van der Waals surface area contributed by atoms with E-state index >= 15 is 0 Å². The second-order valence-corrected chi connectivity index (χ2v) is 7.45. The summed E-state index contributed by atoms with van der Waals surface area (Å²) >= 11 is 3.35. The van der Waals surface area contributed by atoms with Gasteiger partial charge in [0.2, 0.25) is 0 Å². The van der Waals surface area contributed by atoms with Crippen LogP contribution < -0.4 is 5.73 Å². The zero-order valence-corrected chi connectivity index (χ0v) is 17.9. The average Bonchev–Trinajstić information content (AvgIpc) is 3.02. The second-order valence-electron chi connectivity index (χ2n) is 6.53. The maximum absolute atomic E-state index is 12.6. The van der Waals surface area contributed by atoms with Crippen LogP contribution in [-0.2, 0) is 4.74 Å². The van der Waals surface area contributed by atoms with Crippen LogP contribution in [0.4, 0.5) is 17.2 Å². The van der Waals surface area contributed by atoms with Crippen LogP contribution in [0.25, 0.3) is 27.9 Å². The number of esters is 1. The van der Waals surface area contributed by atoms with E-state index in [9.17, 15) is 25.0 Å². The fourth-order valence-electron chi connectivity index (χ4n) is 3.29. The van der Waals surface area contributed by atoms with Crippen LogP contribution in [0.5, 0.6) is 0 Å². The van der Waals surface area contributed by atoms with Crippen LogP contribution in [-0.4, -0.2) is 37.0 Å². The lowest BCUT2D eigenvalue weighted by atomic mass is 10.2. The third-order valence-corrected chi connectivity index (χ3v) is 5.17. The van der Waals surface area contributed by atoms with E-state index in [1.807, 2.05) is 0 Å². The van der Waals surface area contributed by atoms with E-state index in [1.54, 1.807) is 31.2 Å². The highest BCUT2D eigenvalue weighted by atomic mass is 79.9. The monoisotopic (exact) mass is 500 g/mol. The number of nitrogen functional groups attached to an aromatic ring is 1. The number of anilines is 1. The van der Waals surface area contributed by atoms with Crippen molar-refractivity contribution in [1.29, 1.82) is 0 Å². The van der Waals surface area contributed by atoms with E-state index in [0.29, 0.717) is 5.69 Å². The number of hydrogen-bond acceptors (Lipinski definition) is 9. The smallest absolute Gasteiger partial charge is 0.348 e. The number of benzene rings is 2. The summed E-state index contributed by atoms with van der Waals surface area (Å²) in [4.78, 5) is 42.3. The van der Waals surface area contributed by atoms with Gasteiger partial charge in [0.1, 0.15) is 16.9 Å². The molecule has 4 rings (SSSR count). The summed E-state index contributed by atoms with van der Waals surface area (Å²) in [5.74, 6) is -0.740. The van der Waals surface area contributed by atoms with Gasteiger partial charge in [-0.15, -0.1) is 0 Å². The normalized spacial score (nSPS) is 11.1. The largest absolute Gasteiger partial charge is 0.462 e. The lowest BCUT2D eigenvalue weighted by molar-refractivity contribution is -0.422. The summed E-state index contributed by atoms with van der Waals surface area (Å²) < 4.78 is 7.38. The molecule has 0 fully saturated rings. The Balaban J connectivity index is 2.12. The molecule has 0 aliphatic heterocycles. The number of nitrogens with two attached hydrogens (primary N) is 1. The summed E-state index contributed by atoms with van der Waals surface area (Å²) in [5.41, 5.74) is 5.54. The van der Waals surface area contributed by atoms with E-state index < -0.39 is 27.2 Å². The molecule has 0 bridgehead atoms. The number of hydrogen-bond donors (Lipinski definition) is 1. The number of nitro benzene ring substituents is 2. The molecule has 0 aliphatic carbocycles. The van der Waals surface area contributed by atoms with Crippen molar-refractivity contribution >= 4 is 61.3 Å². The Hall–Kier alpha value is -4.13. The summed E-state index contributed by atoms with van der Waals surface area (Å²) in [7, 11) is 0. The Morgan fingerprint density at radius 3 is 2.19 bits per heavy atom. The van der Waals surface area contributed by atoms with E-state index in [4.69, 9.17) is 10.5 Å². The predicted octanol–water partition coefficient (Wildman–Crippen LogP) is 3.91. The molecule has 0 saturated carbocycles. The zero-order valence-electron chi connectivity index (χ0n) is 16.3. The molecule has 2 N–H and O–H groups in total. The first-order chi connectivity index (χ1) is 15.2. The number of rotatable bonds is 5. The molecule has 0 saturated heterocycles. The number of nitrogens with zero attached hydrogens (tertiary/aromatic N) is 5. The quantitative estimate of drug-likeness (QED) is 0.242. The van der Waals surface area contributed by atoms with Gasteiger partial charge in [-0.25, -0.2) is 14.8 Å². The van der Waals surface area contributed by atoms with Crippen molar-refractivity contribution in [3.63, 3.8) is 0 Å². The highest BCUT2D eigenvalue weighted by molar-refractivity contribution is 9.10. The van der Waals surface area contributed by atoms with Gasteiger partial charge in [0, 0.05) is 10.2 Å². The number of fused-ring (bicyclic) bond motifs is 2. The molecule has 0 spiro atoms. The molecule has 2 heterocycles. The Morgan fingerprint density at radius 1 is 1.09 bits per heavy atom. The minimum Gasteiger partial charge on any atom is -0.462 e. The molecule has 2 aromatic heterocycles. The van der Waals surface area contributed by atoms with Crippen molar-refractivity contribution in [2.75, 3.05) is 12.3 Å². The maximum Gasteiger partial charge on any atom is 0.348 e. The fraction of sp³-hybridized carbons (Fsp3) is 0.105. The van der Waals surface area contributed by atoms with Gasteiger partial charge in [-0.1, -0.05) is 15.9 Å². The van der Waals surface area contributed by atoms with Crippen molar-refractivity contribution < 1.29 is 19.4 Å². The van der Waals surface area contributed by atoms with Crippen molar-refractivity contribution in [3.05, 3.63) is 66.7 Å². The number of halogens is 1. The summed E-state index contributed by atoms with van der Waals surface area (Å²) in [6, 6.07) is 8.87. The lowest BCUT2D eigenvalue weighted by Gasteiger charge is -2.08. The fourth-order valence-corrected chi connectivity index (χ4v) is 3.56. The second kappa shape index (κ2) is 7.85. The third kappa shape index (κ3) is 3.37. The number of aromatic nitrogens is 3. The molecule has 4 aromatic rings. The highest BCUT2D eigenvalue weighted by Crippen LogP contribution is 2.35. The van der Waals surface area contributed by atoms with Gasteiger partial charge < -0.3 is 10.5 Å². The molecule has 0 aliphatic rings. The first kappa shape index (κ1) is 21.1. The molecule has 0 amide bonds. The van der Waals surface area contributed by atoms with Crippen molar-refractivity contribution in [2.24, 2.45) is 0 Å². The van der Waals surface area contributed by atoms with Gasteiger partial charge in [0.25, 0.3) is 0 Å². The third-order valence-electron chi connectivity index (χ3n) is 4.65. The molecule has 2 aromatic carbocycles. The van der Waals surface area contributed by atoms with Gasteiger partial charge in [-0.3, -0.25) is 24.8 Å². The Kier molecular flexibility index (Phi) is 5.18. The van der Waals surface area contributed by atoms with Gasteiger partial charge in [0.15, 0.2) is 5.65 Å². The van der Waals surface area contributed by atoms with Crippen LogP contribution in [0.1, 0.15) is 17.3 Å². The summed E-state index contributed by atoms with van der Waals surface area (Å²) in [6.07, 6.45) is 0. The molecule has 32 heavy (non-hydrogen) atoms. The molecule has 162 valence electrons. The predicted molar refractivity (Wildman–Crippen MR) is 118 cm³/mol. The van der Waals surface area contributed by atoms with Crippen LogP contribution in [0, 0.1) is 20.2 Å². The number of ether oxygens (including phenoxy) is 1. The van der Waals surface area contributed by atoms with Crippen molar-refractivity contribution in [2.45, 2.75) is 6.92 Å². The van der Waals surface area contributed by atoms with Gasteiger partial charge >= 0.3 is 17.3 Å². The summed E-state index contributed by atoms with van der Waals surface area (Å²) in [5, 5.41) is 22.7. The summed E-state index contributed by atoms with van der Waals surface area (Å²) in [6.45, 7) is 1.72. The molecule has 13 heteroatoms. The Morgan fingerprint density at radius 2 is 1.66 bits per heavy atom. The molecule has 12 nitrogen and oxygen atoms in total. The first-order valence-corrected chi connectivity index (χ1v) is 9.89. The highest BCUT2D eigenvalue weighted by Gasteiger charge is 2.29. The number of carbonyl (C=O) groups excluding carboxylic acids is 1. The van der Waals surface area contributed by atoms with E-state index in [-0.39, 0.29) is 40.2 Å². The van der Waals surface area contributed by atoms with E-state index in [2.05, 4.69) is 25.9 Å². The van der Waals surface area contributed by atoms with E-state index in [1.165, 1.54) is 4.57 Å². The average molecular weight is 501 g/mol. The van der Waals surface area contributed by atoms with Crippen molar-refractivity contribution in [1.82, 2.24) is 14.5 Å². The standard InChI is InChI=1S/C19H13BrN6O6/c1-2-32-19(27)15-16-18(24(17(15)21)10-5-3-9(20)4-6-10)23-12-8-14(26(30)31)13(25(28)29)7-11(12)22-16/h3-8H,2,21H2,1H3. The first-order valence-electron chi connectivity index (χ1n) is 9.10. The van der Waals surface area contributed by atoms with Gasteiger partial charge in [-0.2, -0.15) is 0 Å². The molecule has 0 atom stereocenters. The maximum atomic E-state index is 12.6. The molecule has 0 unspecified atom stereocenters. The topological polar surface area (TPSA) is 169 Å². The van der Waals surface area contributed by atoms with Crippen molar-refractivity contribution in [3.8, 4) is 5.69 Å². The SMILES string of the molecule is CCOC(=O)c1c(N)n(-c2ccc(Br)cc2)c2nc3cc([N+](=O)[O-])c([N+](=O)[O-])cc3nc12. The minimum atomic E-state index is -0.878. The van der Waals surface area contributed by atoms with Crippen LogP contribution >= 0.6 is 15.9 Å². The van der Waals surface area contributed by atoms with E-state index in [0.717, 1.165) is 16.6 Å². The van der Waals surface area contributed by atoms with Gasteiger partial charge in [-0.05, 0) is 31.2 Å². The zero-order chi connectivity index (χ0) is 23.2. The molecular formula is C19H13BrN6O6. The molecular weight excluding hydrogens is 488 g/mol.